The van der Waals surface area contributed by atoms with Crippen LogP contribution in [-0.4, -0.2) is 28.4 Å². The highest BCUT2D eigenvalue weighted by Crippen LogP contribution is 2.20. The van der Waals surface area contributed by atoms with Crippen LogP contribution in [0.3, 0.4) is 0 Å². The highest BCUT2D eigenvalue weighted by Gasteiger charge is 2.19. The van der Waals surface area contributed by atoms with Crippen molar-refractivity contribution in [3.05, 3.63) is 46.2 Å². The van der Waals surface area contributed by atoms with Gasteiger partial charge < -0.3 is 15.8 Å². The van der Waals surface area contributed by atoms with E-state index in [1.807, 2.05) is 34.6 Å². The van der Waals surface area contributed by atoms with Crippen molar-refractivity contribution in [1.29, 1.82) is 0 Å². The maximum atomic E-state index is 12.5. The maximum Gasteiger partial charge on any atom is 0.324 e. The minimum Gasteiger partial charge on any atom is -0.443 e. The lowest BCUT2D eigenvalue weighted by atomic mass is 9.92. The molecular formula is C22H31ClN4O4S. The molecule has 0 aliphatic rings. The Balaban J connectivity index is 0.00000512. The summed E-state index contributed by atoms with van der Waals surface area (Å²) in [6.07, 6.45) is 2.08. The van der Waals surface area contributed by atoms with Gasteiger partial charge in [-0.15, -0.1) is 23.7 Å². The fraction of sp³-hybridized carbons (Fsp3) is 0.455. The standard InChI is InChI=1S/C22H30N4O4S.ClH/c1-14(2)18(23)20(29)30-13-26-10-11-31-21(26)25-19(28)15-6-8-16(9-7-15)24-17(27)12-22(3,4)5;/h6-11,14,18H,12-13,23H2,1-5H3,(H,24,27);1H/t18-;/m0./s1. The van der Waals surface area contributed by atoms with Crippen LogP contribution in [0.1, 0.15) is 51.4 Å². The van der Waals surface area contributed by atoms with Crippen LogP contribution in [0.4, 0.5) is 5.69 Å². The smallest absolute Gasteiger partial charge is 0.324 e. The molecule has 176 valence electrons. The minimum atomic E-state index is -0.705. The average molecular weight is 483 g/mol. The van der Waals surface area contributed by atoms with Gasteiger partial charge in [0.1, 0.15) is 6.04 Å². The second kappa shape index (κ2) is 11.9. The zero-order chi connectivity index (χ0) is 23.2. The number of carbonyl (C=O) groups is 3. The molecule has 8 nitrogen and oxygen atoms in total. The number of rotatable bonds is 7. The Hall–Kier alpha value is -2.49. The molecule has 0 saturated carbocycles. The van der Waals surface area contributed by atoms with Gasteiger partial charge in [-0.3, -0.25) is 19.0 Å². The van der Waals surface area contributed by atoms with Crippen molar-refractivity contribution in [2.75, 3.05) is 5.32 Å². The SMILES string of the molecule is CC(C)[C@H](N)C(=O)OCn1ccsc1=NC(=O)c1ccc(NC(=O)CC(C)(C)C)cc1.Cl. The van der Waals surface area contributed by atoms with Crippen molar-refractivity contribution in [1.82, 2.24) is 4.57 Å². The molecule has 1 aromatic carbocycles. The predicted molar refractivity (Wildman–Crippen MR) is 127 cm³/mol. The summed E-state index contributed by atoms with van der Waals surface area (Å²) in [6.45, 7) is 9.58. The molecule has 0 aliphatic heterocycles. The summed E-state index contributed by atoms with van der Waals surface area (Å²) in [5.41, 5.74) is 6.67. The maximum absolute atomic E-state index is 12.5. The lowest BCUT2D eigenvalue weighted by molar-refractivity contribution is -0.150. The topological polar surface area (TPSA) is 116 Å². The number of hydrogen-bond donors (Lipinski definition) is 2. The van der Waals surface area contributed by atoms with Crippen LogP contribution in [0.15, 0.2) is 40.8 Å². The molecule has 0 radical (unpaired) electrons. The Morgan fingerprint density at radius 2 is 1.81 bits per heavy atom. The third-order valence-corrected chi connectivity index (χ3v) is 5.09. The molecule has 0 fully saturated rings. The zero-order valence-electron chi connectivity index (χ0n) is 19.0. The molecule has 2 amide bonds. The van der Waals surface area contributed by atoms with Gasteiger partial charge >= 0.3 is 5.97 Å². The number of aromatic nitrogens is 1. The molecule has 0 bridgehead atoms. The number of nitrogens with one attached hydrogen (secondary N) is 1. The van der Waals surface area contributed by atoms with Gasteiger partial charge in [-0.1, -0.05) is 34.6 Å². The number of carbonyl (C=O) groups excluding carboxylic acids is 3. The van der Waals surface area contributed by atoms with E-state index in [1.165, 1.54) is 11.3 Å². The Morgan fingerprint density at radius 3 is 2.38 bits per heavy atom. The number of ether oxygens (including phenoxy) is 1. The van der Waals surface area contributed by atoms with E-state index < -0.39 is 17.9 Å². The molecule has 1 atom stereocenters. The second-order valence-electron chi connectivity index (χ2n) is 8.80. The van der Waals surface area contributed by atoms with E-state index in [0.29, 0.717) is 22.5 Å². The van der Waals surface area contributed by atoms with Gasteiger partial charge in [-0.2, -0.15) is 4.99 Å². The number of hydrogen-bond acceptors (Lipinski definition) is 6. The van der Waals surface area contributed by atoms with E-state index in [1.54, 1.807) is 40.4 Å². The van der Waals surface area contributed by atoms with Gasteiger partial charge in [0.05, 0.1) is 0 Å². The highest BCUT2D eigenvalue weighted by atomic mass is 35.5. The molecule has 0 saturated heterocycles. The fourth-order valence-electron chi connectivity index (χ4n) is 2.52. The first-order valence-corrected chi connectivity index (χ1v) is 10.9. The molecular weight excluding hydrogens is 452 g/mol. The number of benzene rings is 1. The predicted octanol–water partition coefficient (Wildman–Crippen LogP) is 3.57. The van der Waals surface area contributed by atoms with E-state index in [9.17, 15) is 14.4 Å². The summed E-state index contributed by atoms with van der Waals surface area (Å²) in [5, 5.41) is 4.57. The summed E-state index contributed by atoms with van der Waals surface area (Å²) in [7, 11) is 0. The van der Waals surface area contributed by atoms with E-state index in [0.717, 1.165) is 0 Å². The highest BCUT2D eigenvalue weighted by molar-refractivity contribution is 7.07. The molecule has 10 heteroatoms. The van der Waals surface area contributed by atoms with Crippen molar-refractivity contribution in [3.8, 4) is 0 Å². The Bertz CT molecular complexity index is 990. The van der Waals surface area contributed by atoms with Crippen molar-refractivity contribution < 1.29 is 19.1 Å². The summed E-state index contributed by atoms with van der Waals surface area (Å²) in [4.78, 5) is 41.0. The number of thiazole rings is 1. The summed E-state index contributed by atoms with van der Waals surface area (Å²) >= 11 is 1.25. The first kappa shape index (κ1) is 27.5. The minimum absolute atomic E-state index is 0. The Morgan fingerprint density at radius 1 is 1.19 bits per heavy atom. The quantitative estimate of drug-likeness (QED) is 0.585. The lowest BCUT2D eigenvalue weighted by Gasteiger charge is -2.17. The number of nitrogens with zero attached hydrogens (tertiary/aromatic N) is 2. The molecule has 1 aromatic heterocycles. The molecule has 0 unspecified atom stereocenters. The lowest BCUT2D eigenvalue weighted by Crippen LogP contribution is -2.37. The first-order chi connectivity index (χ1) is 14.5. The largest absolute Gasteiger partial charge is 0.443 e. The van der Waals surface area contributed by atoms with Crippen molar-refractivity contribution in [3.63, 3.8) is 0 Å². The number of nitrogens with two attached hydrogens (primary N) is 1. The monoisotopic (exact) mass is 482 g/mol. The number of halogens is 1. The molecule has 0 aliphatic carbocycles. The average Bonchev–Trinajstić information content (AvgIpc) is 3.11. The fourth-order valence-corrected chi connectivity index (χ4v) is 3.24. The molecule has 1 heterocycles. The Labute approximate surface area is 198 Å². The van der Waals surface area contributed by atoms with E-state index >= 15 is 0 Å². The molecule has 3 N–H and O–H groups in total. The van der Waals surface area contributed by atoms with Crippen LogP contribution in [-0.2, 0) is 21.1 Å². The zero-order valence-corrected chi connectivity index (χ0v) is 20.6. The van der Waals surface area contributed by atoms with Crippen LogP contribution in [0.2, 0.25) is 0 Å². The van der Waals surface area contributed by atoms with Crippen LogP contribution in [0.5, 0.6) is 0 Å². The third kappa shape index (κ3) is 8.57. The van der Waals surface area contributed by atoms with Crippen molar-refractivity contribution >= 4 is 47.2 Å². The molecule has 2 rings (SSSR count). The van der Waals surface area contributed by atoms with Gasteiger partial charge in [0.25, 0.3) is 5.91 Å². The molecule has 0 spiro atoms. The van der Waals surface area contributed by atoms with Gasteiger partial charge in [-0.25, -0.2) is 0 Å². The van der Waals surface area contributed by atoms with Crippen molar-refractivity contribution in [2.45, 2.75) is 53.8 Å². The summed E-state index contributed by atoms with van der Waals surface area (Å²) in [6, 6.07) is 5.85. The van der Waals surface area contributed by atoms with E-state index in [-0.39, 0.29) is 36.4 Å². The van der Waals surface area contributed by atoms with E-state index in [2.05, 4.69) is 10.3 Å². The van der Waals surface area contributed by atoms with Gasteiger partial charge in [0.2, 0.25) is 5.91 Å². The second-order valence-corrected chi connectivity index (χ2v) is 9.67. The molecule has 32 heavy (non-hydrogen) atoms. The first-order valence-electron chi connectivity index (χ1n) is 10.0. The molecule has 2 aromatic rings. The van der Waals surface area contributed by atoms with Gasteiger partial charge in [-0.05, 0) is 35.6 Å². The van der Waals surface area contributed by atoms with Crippen LogP contribution < -0.4 is 15.9 Å². The summed E-state index contributed by atoms with van der Waals surface area (Å²) in [5.74, 6) is -1.06. The number of anilines is 1. The number of esters is 1. The summed E-state index contributed by atoms with van der Waals surface area (Å²) < 4.78 is 6.78. The van der Waals surface area contributed by atoms with Crippen LogP contribution in [0.25, 0.3) is 0 Å². The van der Waals surface area contributed by atoms with Crippen molar-refractivity contribution in [2.24, 2.45) is 22.1 Å². The van der Waals surface area contributed by atoms with Crippen LogP contribution in [0, 0.1) is 11.3 Å². The number of amides is 2. The Kier molecular flexibility index (Phi) is 10.3. The van der Waals surface area contributed by atoms with E-state index in [4.69, 9.17) is 10.5 Å². The normalized spacial score (nSPS) is 12.8. The van der Waals surface area contributed by atoms with Gasteiger partial charge in [0.15, 0.2) is 11.5 Å². The van der Waals surface area contributed by atoms with Crippen LogP contribution >= 0.6 is 23.7 Å². The third-order valence-electron chi connectivity index (χ3n) is 4.30. The van der Waals surface area contributed by atoms with Gasteiger partial charge in [0, 0.05) is 29.2 Å².